The third-order valence-corrected chi connectivity index (χ3v) is 19.8. The standard InChI is InChI=1S/C57H60N12O4/c1-49(2)33-17-25-26(18-34(33)50(3,4)66(49)70)42-59-44-29-21-37-38(54(11,12)68(72)53(37,9)10)22-30(29)46-61-48-32-24-40-39(55(13,14)69(73)56(40,15)16)23-31(32)47-60-45-28-20-36-35(51(5,6)67(71)52(36,7)8)19-27(28)43-58-41(25)62(42)57(63(43)45,64(44)46)65(47)48/h17-24,70-73H,1-16H3/q+2. The van der Waals surface area contributed by atoms with E-state index in [2.05, 4.69) is 178 Å². The van der Waals surface area contributed by atoms with Crippen molar-refractivity contribution >= 4 is 56.5 Å². The van der Waals surface area contributed by atoms with E-state index in [1.165, 1.54) is 20.3 Å². The fraction of sp³-hybridized carbons (Fsp3) is 0.439. The first-order valence-electron chi connectivity index (χ1n) is 25.7. The van der Waals surface area contributed by atoms with Gasteiger partial charge in [-0.2, -0.15) is 29.4 Å². The first-order chi connectivity index (χ1) is 33.9. The Balaban J connectivity index is 1.14. The third-order valence-electron chi connectivity index (χ3n) is 19.8. The van der Waals surface area contributed by atoms with Crippen LogP contribution in [0.4, 0.5) is 11.6 Å². The lowest BCUT2D eigenvalue weighted by Crippen LogP contribution is -2.71. The zero-order valence-corrected chi connectivity index (χ0v) is 44.3. The summed E-state index contributed by atoms with van der Waals surface area (Å²) in [6, 6.07) is 17.9. The second-order valence-electron chi connectivity index (χ2n) is 26.5. The Morgan fingerprint density at radius 2 is 0.589 bits per heavy atom. The van der Waals surface area contributed by atoms with Crippen molar-refractivity contribution in [3.63, 3.8) is 0 Å². The predicted molar refractivity (Wildman–Crippen MR) is 272 cm³/mol. The minimum Gasteiger partial charge on any atom is -0.312 e. The molecule has 0 amide bonds. The van der Waals surface area contributed by atoms with E-state index in [0.29, 0.717) is 0 Å². The number of fused-ring (bicyclic) bond motifs is 16. The average molecular weight is 977 g/mol. The van der Waals surface area contributed by atoms with Gasteiger partial charge in [-0.15, -0.1) is 9.15 Å². The lowest BCUT2D eigenvalue weighted by molar-refractivity contribution is -0.790. The van der Waals surface area contributed by atoms with E-state index < -0.39 is 50.2 Å². The van der Waals surface area contributed by atoms with Crippen LogP contribution in [0.5, 0.6) is 0 Å². The lowest BCUT2D eigenvalue weighted by atomic mass is 9.87. The number of aromatic nitrogens is 2. The Morgan fingerprint density at radius 1 is 0.329 bits per heavy atom. The molecule has 0 unspecified atom stereocenters. The van der Waals surface area contributed by atoms with Gasteiger partial charge in [0, 0.05) is 21.5 Å². The summed E-state index contributed by atoms with van der Waals surface area (Å²) in [5.74, 6) is 3.00. The fourth-order valence-corrected chi connectivity index (χ4v) is 16.0. The van der Waals surface area contributed by atoms with Gasteiger partial charge in [-0.25, -0.2) is 0 Å². The molecule has 10 aliphatic heterocycles. The SMILES string of the molecule is CC1(C)c2cc3c(cc2C(C)(C)N1O)C1=[N+]2C3=Nc3c4cc5c(cc4c4n3C23n2c(c6cc7c(cc6c2=NC2=[N+]3C(=N4)c3cc4c(cc32)C(C)(C)N(O)C4(C)C)C(C)(C)N(O)C7(C)C)=N1)C(C)(C)N(O)C5(C)C. The van der Waals surface area contributed by atoms with Gasteiger partial charge in [-0.1, -0.05) is 20.0 Å². The normalized spacial score (nSPS) is 25.8. The predicted octanol–water partition coefficient (Wildman–Crippen LogP) is 8.41. The lowest BCUT2D eigenvalue weighted by Gasteiger charge is -2.40. The molecule has 0 saturated heterocycles. The summed E-state index contributed by atoms with van der Waals surface area (Å²) < 4.78 is 9.31. The minimum absolute atomic E-state index is 0.720. The number of aliphatic imine (C=N–C) groups is 2. The van der Waals surface area contributed by atoms with E-state index in [4.69, 9.17) is 20.0 Å². The second kappa shape index (κ2) is 11.4. The van der Waals surface area contributed by atoms with Crippen LogP contribution >= 0.6 is 0 Å². The molecule has 0 atom stereocenters. The smallest absolute Gasteiger partial charge is 0.312 e. The Labute approximate surface area is 421 Å². The topological polar surface area (TPSA) is 159 Å². The maximum Gasteiger partial charge on any atom is 0.404 e. The second-order valence-corrected chi connectivity index (χ2v) is 26.5. The summed E-state index contributed by atoms with van der Waals surface area (Å²) >= 11 is 0. The van der Waals surface area contributed by atoms with E-state index in [1.54, 1.807) is 0 Å². The molecule has 4 aromatic carbocycles. The fourth-order valence-electron chi connectivity index (χ4n) is 16.0. The van der Waals surface area contributed by atoms with Gasteiger partial charge in [0.2, 0.25) is 22.6 Å². The van der Waals surface area contributed by atoms with Crippen molar-refractivity contribution in [2.75, 3.05) is 0 Å². The highest BCUT2D eigenvalue weighted by molar-refractivity contribution is 6.21. The molecule has 0 radical (unpaired) electrons. The molecule has 16 nitrogen and oxygen atoms in total. The Morgan fingerprint density at radius 3 is 0.890 bits per heavy atom. The first kappa shape index (κ1) is 43.3. The summed E-state index contributed by atoms with van der Waals surface area (Å²) in [6.07, 6.45) is 0. The summed E-state index contributed by atoms with van der Waals surface area (Å²) in [7, 11) is 0. The van der Waals surface area contributed by atoms with Gasteiger partial charge in [-0.3, -0.25) is 0 Å². The molecule has 10 aliphatic rings. The summed E-state index contributed by atoms with van der Waals surface area (Å²) in [5.41, 5.74) is 7.35. The van der Waals surface area contributed by atoms with Crippen LogP contribution in [0.2, 0.25) is 0 Å². The van der Waals surface area contributed by atoms with Crippen LogP contribution in [0.15, 0.2) is 68.5 Å². The molecule has 6 aromatic rings. The number of hydrogen-bond donors (Lipinski definition) is 4. The third kappa shape index (κ3) is 4.05. The molecule has 4 N–H and O–H groups in total. The average Bonchev–Trinajstić information content (AvgIpc) is 4.13. The number of hydroxylamine groups is 8. The van der Waals surface area contributed by atoms with Gasteiger partial charge < -0.3 is 20.8 Å². The molecule has 2 aromatic heterocycles. The molecule has 0 aliphatic carbocycles. The highest BCUT2D eigenvalue weighted by Crippen LogP contribution is 2.59. The number of nitrogens with zero attached hydrogens (tertiary/aromatic N) is 12. The molecular formula is C57H60N12O4+2. The van der Waals surface area contributed by atoms with Crippen molar-refractivity contribution < 1.29 is 30.0 Å². The van der Waals surface area contributed by atoms with Crippen molar-refractivity contribution in [2.45, 2.75) is 161 Å². The number of benzene rings is 4. The van der Waals surface area contributed by atoms with Crippen molar-refractivity contribution in [3.8, 4) is 0 Å². The monoisotopic (exact) mass is 976 g/mol. The van der Waals surface area contributed by atoms with Crippen LogP contribution in [0, 0.1) is 0 Å². The van der Waals surface area contributed by atoms with Crippen molar-refractivity contribution in [1.82, 2.24) is 29.4 Å². The van der Waals surface area contributed by atoms with Gasteiger partial charge in [0.25, 0.3) is 23.3 Å². The van der Waals surface area contributed by atoms with Crippen LogP contribution in [-0.2, 0) is 50.2 Å². The molecule has 1 spiro atoms. The van der Waals surface area contributed by atoms with Gasteiger partial charge in [0.1, 0.15) is 0 Å². The molecule has 12 heterocycles. The van der Waals surface area contributed by atoms with Gasteiger partial charge in [-0.05, 0) is 204 Å². The zero-order valence-electron chi connectivity index (χ0n) is 44.3. The summed E-state index contributed by atoms with van der Waals surface area (Å²) in [6.45, 7) is 33.1. The highest BCUT2D eigenvalue weighted by atomic mass is 16.5. The first-order valence-corrected chi connectivity index (χ1v) is 25.7. The molecule has 16 rings (SSSR count). The zero-order chi connectivity index (χ0) is 51.5. The van der Waals surface area contributed by atoms with Crippen LogP contribution in [0.25, 0.3) is 21.5 Å². The van der Waals surface area contributed by atoms with Crippen LogP contribution in [0.1, 0.15) is 178 Å². The summed E-state index contributed by atoms with van der Waals surface area (Å²) in [4.78, 5) is 23.4. The Hall–Kier alpha value is -6.08. The Bertz CT molecular complexity index is 3930. The van der Waals surface area contributed by atoms with Crippen molar-refractivity contribution in [3.05, 3.63) is 126 Å². The largest absolute Gasteiger partial charge is 0.404 e. The molecule has 0 bridgehead atoms. The Kier molecular flexibility index (Phi) is 6.78. The molecular weight excluding hydrogens is 917 g/mol. The quantitative estimate of drug-likeness (QED) is 0.111. The molecule has 0 saturated carbocycles. The molecule has 73 heavy (non-hydrogen) atoms. The summed E-state index contributed by atoms with van der Waals surface area (Å²) in [5, 5.41) is 57.2. The molecule has 16 heteroatoms. The van der Waals surface area contributed by atoms with Crippen molar-refractivity contribution in [2.24, 2.45) is 20.0 Å². The number of amidine groups is 4. The van der Waals surface area contributed by atoms with Gasteiger partial charge >= 0.3 is 5.91 Å². The van der Waals surface area contributed by atoms with Gasteiger partial charge in [0.05, 0.1) is 66.6 Å². The van der Waals surface area contributed by atoms with E-state index in [-0.39, 0.29) is 0 Å². The highest BCUT2D eigenvalue weighted by Gasteiger charge is 2.71. The van der Waals surface area contributed by atoms with E-state index in [1.807, 2.05) is 0 Å². The maximum absolute atomic E-state index is 11.9. The van der Waals surface area contributed by atoms with E-state index >= 15 is 0 Å². The molecule has 0 fully saturated rings. The van der Waals surface area contributed by atoms with Gasteiger partial charge in [0.15, 0.2) is 0 Å². The van der Waals surface area contributed by atoms with E-state index in [9.17, 15) is 20.8 Å². The van der Waals surface area contributed by atoms with Crippen molar-refractivity contribution in [1.29, 1.82) is 0 Å². The number of hydrogen-bond acceptors (Lipinski definition) is 12. The van der Waals surface area contributed by atoms with Crippen LogP contribution in [-0.4, -0.2) is 82.7 Å². The number of rotatable bonds is 0. The maximum atomic E-state index is 11.9. The van der Waals surface area contributed by atoms with E-state index in [0.717, 1.165) is 134 Å². The minimum atomic E-state index is -1.32. The van der Waals surface area contributed by atoms with Crippen LogP contribution < -0.4 is 11.0 Å². The van der Waals surface area contributed by atoms with Crippen LogP contribution in [0.3, 0.4) is 0 Å². The molecule has 370 valence electrons.